The summed E-state index contributed by atoms with van der Waals surface area (Å²) < 4.78 is 0. The first-order chi connectivity index (χ1) is 10.6. The molecule has 0 spiro atoms. The van der Waals surface area contributed by atoms with Crippen molar-refractivity contribution in [1.82, 2.24) is 0 Å². The van der Waals surface area contributed by atoms with Gasteiger partial charge in [-0.15, -0.1) is 0 Å². The van der Waals surface area contributed by atoms with Crippen LogP contribution in [-0.2, 0) is 0 Å². The first kappa shape index (κ1) is 17.3. The summed E-state index contributed by atoms with van der Waals surface area (Å²) in [7, 11) is 0. The molecule has 0 aromatic rings. The Morgan fingerprint density at radius 1 is 1.27 bits per heavy atom. The minimum absolute atomic E-state index is 0.100. The van der Waals surface area contributed by atoms with Gasteiger partial charge in [0.15, 0.2) is 0 Å². The number of hydrogen-bond donors (Lipinski definition) is 1. The molecule has 3 rings (SSSR count). The third-order valence-electron chi connectivity index (χ3n) is 6.12. The molecule has 0 aromatic heterocycles. The predicted molar refractivity (Wildman–Crippen MR) is 95.6 cm³/mol. The SMILES string of the molecule is C=C/C=C1\C(=C/C)C=C[C@@H]2[C@H]3CC[C@H](O)[C@]3(C)CC[C@@H]12.CC. The van der Waals surface area contributed by atoms with E-state index in [1.165, 1.54) is 24.0 Å². The van der Waals surface area contributed by atoms with Crippen LogP contribution in [0, 0.1) is 23.2 Å². The number of rotatable bonds is 1. The first-order valence-corrected chi connectivity index (χ1v) is 8.97. The average Bonchev–Trinajstić information content (AvgIpc) is 2.85. The van der Waals surface area contributed by atoms with Crippen molar-refractivity contribution in [3.05, 3.63) is 48.1 Å². The number of aliphatic hydroxyl groups is 1. The van der Waals surface area contributed by atoms with Gasteiger partial charge in [-0.3, -0.25) is 0 Å². The zero-order valence-electron chi connectivity index (χ0n) is 14.7. The lowest BCUT2D eigenvalue weighted by Crippen LogP contribution is -2.43. The molecule has 3 aliphatic carbocycles. The molecule has 3 aliphatic rings. The van der Waals surface area contributed by atoms with E-state index in [0.717, 1.165) is 12.8 Å². The molecule has 2 saturated carbocycles. The zero-order chi connectivity index (χ0) is 16.3. The molecule has 0 unspecified atom stereocenters. The highest BCUT2D eigenvalue weighted by atomic mass is 16.3. The van der Waals surface area contributed by atoms with Gasteiger partial charge in [-0.05, 0) is 66.9 Å². The predicted octanol–water partition coefficient (Wildman–Crippen LogP) is 5.44. The van der Waals surface area contributed by atoms with Crippen LogP contribution in [0.2, 0.25) is 0 Å². The molecule has 5 atom stereocenters. The standard InChI is InChI=1S/C19H26O.C2H6/c1-4-6-14-13(5-2)7-8-16-15(14)11-12-19(3)17(16)9-10-18(19)20;1-2/h4-8,15-18,20H,1,9-12H2,2-3H3;1-2H3/b13-5-,14-6+;/t15-,16-,17+,18-,19+;/m0./s1. The lowest BCUT2D eigenvalue weighted by molar-refractivity contribution is -0.0144. The number of aliphatic hydroxyl groups excluding tert-OH is 1. The van der Waals surface area contributed by atoms with Crippen LogP contribution < -0.4 is 0 Å². The molecule has 0 bridgehead atoms. The third-order valence-corrected chi connectivity index (χ3v) is 6.12. The van der Waals surface area contributed by atoms with Crippen molar-refractivity contribution in [2.24, 2.45) is 23.2 Å². The number of hydrogen-bond acceptors (Lipinski definition) is 1. The van der Waals surface area contributed by atoms with Crippen molar-refractivity contribution < 1.29 is 5.11 Å². The molecule has 2 fully saturated rings. The molecule has 1 nitrogen and oxygen atoms in total. The van der Waals surface area contributed by atoms with Crippen LogP contribution in [0.15, 0.2) is 48.1 Å². The molecular formula is C21H32O. The summed E-state index contributed by atoms with van der Waals surface area (Å²) in [4.78, 5) is 0. The van der Waals surface area contributed by atoms with E-state index in [0.29, 0.717) is 17.8 Å². The van der Waals surface area contributed by atoms with Gasteiger partial charge in [-0.1, -0.05) is 57.7 Å². The summed E-state index contributed by atoms with van der Waals surface area (Å²) in [6.07, 6.45) is 15.4. The van der Waals surface area contributed by atoms with Crippen LogP contribution >= 0.6 is 0 Å². The van der Waals surface area contributed by atoms with Crippen molar-refractivity contribution in [1.29, 1.82) is 0 Å². The Bertz CT molecular complexity index is 496. The Labute approximate surface area is 136 Å². The number of allylic oxidation sites excluding steroid dienone is 7. The fraction of sp³-hybridized carbons (Fsp3) is 0.619. The van der Waals surface area contributed by atoms with Crippen molar-refractivity contribution in [3.8, 4) is 0 Å². The second-order valence-corrected chi connectivity index (χ2v) is 6.89. The van der Waals surface area contributed by atoms with E-state index in [1.807, 2.05) is 19.9 Å². The molecule has 0 aliphatic heterocycles. The minimum atomic E-state index is -0.100. The Balaban J connectivity index is 0.000000847. The van der Waals surface area contributed by atoms with Gasteiger partial charge >= 0.3 is 0 Å². The molecular weight excluding hydrogens is 268 g/mol. The van der Waals surface area contributed by atoms with Crippen molar-refractivity contribution in [2.75, 3.05) is 0 Å². The Morgan fingerprint density at radius 3 is 2.64 bits per heavy atom. The normalized spacial score (nSPS) is 43.3. The molecule has 0 saturated heterocycles. The van der Waals surface area contributed by atoms with E-state index in [-0.39, 0.29) is 11.5 Å². The Morgan fingerprint density at radius 2 is 2.00 bits per heavy atom. The lowest BCUT2D eigenvalue weighted by Gasteiger charge is -2.49. The molecule has 0 heterocycles. The third kappa shape index (κ3) is 2.65. The van der Waals surface area contributed by atoms with Gasteiger partial charge in [0, 0.05) is 0 Å². The van der Waals surface area contributed by atoms with E-state index >= 15 is 0 Å². The van der Waals surface area contributed by atoms with Crippen LogP contribution in [0.5, 0.6) is 0 Å². The highest BCUT2D eigenvalue weighted by molar-refractivity contribution is 5.47. The summed E-state index contributed by atoms with van der Waals surface area (Å²) in [6, 6.07) is 0. The lowest BCUT2D eigenvalue weighted by atomic mass is 9.56. The molecule has 22 heavy (non-hydrogen) atoms. The second kappa shape index (κ2) is 7.00. The Kier molecular flexibility index (Phi) is 5.50. The fourth-order valence-corrected chi connectivity index (χ4v) is 4.93. The summed E-state index contributed by atoms with van der Waals surface area (Å²) in [5.74, 6) is 1.85. The van der Waals surface area contributed by atoms with Gasteiger partial charge in [0.05, 0.1) is 6.10 Å². The van der Waals surface area contributed by atoms with E-state index < -0.39 is 0 Å². The van der Waals surface area contributed by atoms with Gasteiger partial charge in [0.1, 0.15) is 0 Å². The molecule has 0 aromatic carbocycles. The van der Waals surface area contributed by atoms with E-state index in [2.05, 4.69) is 44.7 Å². The topological polar surface area (TPSA) is 20.2 Å². The smallest absolute Gasteiger partial charge is 0.0596 e. The van der Waals surface area contributed by atoms with Crippen LogP contribution in [0.3, 0.4) is 0 Å². The maximum absolute atomic E-state index is 10.4. The minimum Gasteiger partial charge on any atom is -0.393 e. The summed E-state index contributed by atoms with van der Waals surface area (Å²) in [5, 5.41) is 10.4. The highest BCUT2D eigenvalue weighted by Gasteiger charge is 2.53. The summed E-state index contributed by atoms with van der Waals surface area (Å²) >= 11 is 0. The monoisotopic (exact) mass is 300 g/mol. The maximum atomic E-state index is 10.4. The van der Waals surface area contributed by atoms with Crippen molar-refractivity contribution >= 4 is 0 Å². The van der Waals surface area contributed by atoms with Gasteiger partial charge in [0.2, 0.25) is 0 Å². The molecule has 0 amide bonds. The second-order valence-electron chi connectivity index (χ2n) is 6.89. The molecule has 1 heteroatoms. The fourth-order valence-electron chi connectivity index (χ4n) is 4.93. The van der Waals surface area contributed by atoms with Gasteiger partial charge < -0.3 is 5.11 Å². The van der Waals surface area contributed by atoms with E-state index in [4.69, 9.17) is 0 Å². The van der Waals surface area contributed by atoms with Crippen molar-refractivity contribution in [3.63, 3.8) is 0 Å². The van der Waals surface area contributed by atoms with Gasteiger partial charge in [-0.2, -0.15) is 0 Å². The maximum Gasteiger partial charge on any atom is 0.0596 e. The number of fused-ring (bicyclic) bond motifs is 3. The molecule has 1 N–H and O–H groups in total. The Hall–Kier alpha value is -1.08. The highest BCUT2D eigenvalue weighted by Crippen LogP contribution is 2.59. The van der Waals surface area contributed by atoms with Gasteiger partial charge in [0.25, 0.3) is 0 Å². The summed E-state index contributed by atoms with van der Waals surface area (Å²) in [6.45, 7) is 12.3. The zero-order valence-corrected chi connectivity index (χ0v) is 14.7. The van der Waals surface area contributed by atoms with Crippen LogP contribution in [0.25, 0.3) is 0 Å². The quantitative estimate of drug-likeness (QED) is 0.683. The van der Waals surface area contributed by atoms with Crippen molar-refractivity contribution in [2.45, 2.75) is 59.5 Å². The molecule has 0 radical (unpaired) electrons. The van der Waals surface area contributed by atoms with Crippen LogP contribution in [-0.4, -0.2) is 11.2 Å². The van der Waals surface area contributed by atoms with E-state index in [1.54, 1.807) is 0 Å². The van der Waals surface area contributed by atoms with E-state index in [9.17, 15) is 5.11 Å². The first-order valence-electron chi connectivity index (χ1n) is 8.97. The van der Waals surface area contributed by atoms with Crippen LogP contribution in [0.4, 0.5) is 0 Å². The average molecular weight is 300 g/mol. The largest absolute Gasteiger partial charge is 0.393 e. The van der Waals surface area contributed by atoms with Crippen LogP contribution in [0.1, 0.15) is 53.4 Å². The summed E-state index contributed by atoms with van der Waals surface area (Å²) in [5.41, 5.74) is 2.95. The van der Waals surface area contributed by atoms with Gasteiger partial charge in [-0.25, -0.2) is 0 Å². The molecule has 122 valence electrons.